The summed E-state index contributed by atoms with van der Waals surface area (Å²) in [4.78, 5) is 16.6. The minimum Gasteiger partial charge on any atom is -0.492 e. The van der Waals surface area contributed by atoms with E-state index in [1.54, 1.807) is 6.20 Å². The molecule has 0 aliphatic rings. The molecule has 0 spiro atoms. The van der Waals surface area contributed by atoms with Crippen LogP contribution in [0.1, 0.15) is 17.2 Å². The van der Waals surface area contributed by atoms with Gasteiger partial charge in [-0.1, -0.05) is 29.8 Å². The summed E-state index contributed by atoms with van der Waals surface area (Å²) in [6.45, 7) is 1.97. The van der Waals surface area contributed by atoms with Crippen LogP contribution in [0.5, 0.6) is 5.75 Å². The van der Waals surface area contributed by atoms with Crippen LogP contribution < -0.4 is 10.1 Å². The van der Waals surface area contributed by atoms with Crippen molar-refractivity contribution in [3.8, 4) is 5.75 Å². The fourth-order valence-corrected chi connectivity index (χ4v) is 3.91. The van der Waals surface area contributed by atoms with Crippen LogP contribution in [0.15, 0.2) is 79.3 Å². The molecule has 1 atom stereocenters. The zero-order valence-electron chi connectivity index (χ0n) is 18.4. The summed E-state index contributed by atoms with van der Waals surface area (Å²) >= 11 is 6.06. The van der Waals surface area contributed by atoms with Crippen LogP contribution in [-0.2, 0) is 22.5 Å². The lowest BCUT2D eigenvalue weighted by Gasteiger charge is -2.17. The number of carbonyl (C=O) groups excluding carboxylic acids is 1. The second kappa shape index (κ2) is 11.0. The number of esters is 1. The highest BCUT2D eigenvalue weighted by molar-refractivity contribution is 6.31. The van der Waals surface area contributed by atoms with Crippen molar-refractivity contribution < 1.29 is 14.3 Å². The van der Waals surface area contributed by atoms with Gasteiger partial charge in [-0.2, -0.15) is 0 Å². The predicted molar refractivity (Wildman–Crippen MR) is 130 cm³/mol. The molecule has 0 amide bonds. The number of methoxy groups -OCH3 is 1. The maximum Gasteiger partial charge on any atom is 0.329 e. The third-order valence-corrected chi connectivity index (χ3v) is 5.71. The lowest BCUT2D eigenvalue weighted by atomic mass is 10.1. The standard InChI is InChI=1S/C26H26ClN3O3/c1-32-26(31)25(30-13-2-3-14-30)16-19-4-7-22(8-5-19)33-15-12-28-18-20-10-11-29-24-17-21(27)6-9-23(20)24/h2-11,13-14,17,25,28H,12,15-16,18H2,1H3. The molecule has 33 heavy (non-hydrogen) atoms. The average molecular weight is 464 g/mol. The maximum absolute atomic E-state index is 12.2. The van der Waals surface area contributed by atoms with Crippen LogP contribution in [0.4, 0.5) is 0 Å². The lowest BCUT2D eigenvalue weighted by Crippen LogP contribution is -2.22. The van der Waals surface area contributed by atoms with Gasteiger partial charge in [0.25, 0.3) is 0 Å². The first-order valence-electron chi connectivity index (χ1n) is 10.8. The second-order valence-corrected chi connectivity index (χ2v) is 8.11. The van der Waals surface area contributed by atoms with Gasteiger partial charge in [-0.25, -0.2) is 4.79 Å². The Morgan fingerprint density at radius 3 is 2.67 bits per heavy atom. The number of nitrogens with zero attached hydrogens (tertiary/aromatic N) is 2. The number of pyridine rings is 1. The fraction of sp³-hybridized carbons (Fsp3) is 0.231. The third-order valence-electron chi connectivity index (χ3n) is 5.47. The van der Waals surface area contributed by atoms with Crippen molar-refractivity contribution in [2.75, 3.05) is 20.3 Å². The van der Waals surface area contributed by atoms with Crippen molar-refractivity contribution in [3.05, 3.63) is 95.4 Å². The number of nitrogens with one attached hydrogen (secondary N) is 1. The number of hydrogen-bond donors (Lipinski definition) is 1. The summed E-state index contributed by atoms with van der Waals surface area (Å²) in [5.41, 5.74) is 3.10. The number of aromatic nitrogens is 2. The average Bonchev–Trinajstić information content (AvgIpc) is 3.37. The molecular formula is C26H26ClN3O3. The molecule has 6 nitrogen and oxygen atoms in total. The third kappa shape index (κ3) is 5.92. The highest BCUT2D eigenvalue weighted by Crippen LogP contribution is 2.21. The zero-order valence-corrected chi connectivity index (χ0v) is 19.2. The van der Waals surface area contributed by atoms with E-state index in [0.29, 0.717) is 24.6 Å². The Hall–Kier alpha value is -3.35. The van der Waals surface area contributed by atoms with Gasteiger partial charge in [-0.3, -0.25) is 4.98 Å². The molecule has 170 valence electrons. The first kappa shape index (κ1) is 22.8. The van der Waals surface area contributed by atoms with Gasteiger partial charge < -0.3 is 19.4 Å². The van der Waals surface area contributed by atoms with Crippen LogP contribution in [0, 0.1) is 0 Å². The topological polar surface area (TPSA) is 65.4 Å². The largest absolute Gasteiger partial charge is 0.492 e. The van der Waals surface area contributed by atoms with E-state index in [0.717, 1.165) is 28.8 Å². The first-order chi connectivity index (χ1) is 16.1. The van der Waals surface area contributed by atoms with Crippen LogP contribution in [0.25, 0.3) is 10.9 Å². The van der Waals surface area contributed by atoms with Gasteiger partial charge in [-0.05, 0) is 53.6 Å². The normalized spacial score (nSPS) is 11.9. The fourth-order valence-electron chi connectivity index (χ4n) is 3.75. The van der Waals surface area contributed by atoms with E-state index in [1.165, 1.54) is 12.7 Å². The maximum atomic E-state index is 12.2. The molecule has 0 saturated carbocycles. The van der Waals surface area contributed by atoms with Gasteiger partial charge in [0, 0.05) is 48.5 Å². The number of halogens is 1. The van der Waals surface area contributed by atoms with Crippen LogP contribution in [0.2, 0.25) is 5.02 Å². The van der Waals surface area contributed by atoms with Gasteiger partial charge >= 0.3 is 5.97 Å². The van der Waals surface area contributed by atoms with Gasteiger partial charge in [0.15, 0.2) is 0 Å². The van der Waals surface area contributed by atoms with E-state index in [-0.39, 0.29) is 12.0 Å². The number of carbonyl (C=O) groups is 1. The van der Waals surface area contributed by atoms with Gasteiger partial charge in [0.1, 0.15) is 18.4 Å². The second-order valence-electron chi connectivity index (χ2n) is 7.67. The number of fused-ring (bicyclic) bond motifs is 1. The monoisotopic (exact) mass is 463 g/mol. The van der Waals surface area contributed by atoms with E-state index < -0.39 is 0 Å². The summed E-state index contributed by atoms with van der Waals surface area (Å²) in [6.07, 6.45) is 6.09. The molecule has 1 unspecified atom stereocenters. The van der Waals surface area contributed by atoms with Gasteiger partial charge in [-0.15, -0.1) is 0 Å². The molecule has 4 aromatic rings. The summed E-state index contributed by atoms with van der Waals surface area (Å²) in [5.74, 6) is 0.530. The Morgan fingerprint density at radius 2 is 1.91 bits per heavy atom. The van der Waals surface area contributed by atoms with Crippen LogP contribution in [0.3, 0.4) is 0 Å². The summed E-state index contributed by atoms with van der Waals surface area (Å²) in [6, 6.07) is 19.0. The molecule has 0 aliphatic carbocycles. The molecule has 0 aliphatic heterocycles. The molecule has 0 saturated heterocycles. The Kier molecular flexibility index (Phi) is 7.60. The van der Waals surface area contributed by atoms with Crippen LogP contribution >= 0.6 is 11.6 Å². The van der Waals surface area contributed by atoms with E-state index in [9.17, 15) is 4.79 Å². The van der Waals surface area contributed by atoms with Crippen molar-refractivity contribution in [2.24, 2.45) is 0 Å². The number of ether oxygens (including phenoxy) is 2. The minimum absolute atomic E-state index is 0.261. The summed E-state index contributed by atoms with van der Waals surface area (Å²) in [5, 5.41) is 5.19. The Balaban J connectivity index is 1.26. The zero-order chi connectivity index (χ0) is 23.0. The first-order valence-corrected chi connectivity index (χ1v) is 11.2. The molecule has 7 heteroatoms. The van der Waals surface area contributed by atoms with Gasteiger partial charge in [0.05, 0.1) is 12.6 Å². The molecular weight excluding hydrogens is 438 g/mol. The Morgan fingerprint density at radius 1 is 1.12 bits per heavy atom. The molecule has 0 bridgehead atoms. The smallest absolute Gasteiger partial charge is 0.329 e. The number of rotatable bonds is 10. The van der Waals surface area contributed by atoms with Crippen molar-refractivity contribution in [1.29, 1.82) is 0 Å². The summed E-state index contributed by atoms with van der Waals surface area (Å²) in [7, 11) is 1.41. The van der Waals surface area contributed by atoms with Gasteiger partial charge in [0.2, 0.25) is 0 Å². The van der Waals surface area contributed by atoms with Crippen molar-refractivity contribution >= 4 is 28.5 Å². The molecule has 4 rings (SSSR count). The number of hydrogen-bond acceptors (Lipinski definition) is 5. The van der Waals surface area contributed by atoms with E-state index in [2.05, 4.69) is 10.3 Å². The molecule has 1 N–H and O–H groups in total. The summed E-state index contributed by atoms with van der Waals surface area (Å²) < 4.78 is 12.7. The van der Waals surface area contributed by atoms with Crippen molar-refractivity contribution in [2.45, 2.75) is 19.0 Å². The SMILES string of the molecule is COC(=O)C(Cc1ccc(OCCNCc2ccnc3cc(Cl)ccc23)cc1)n1cccc1. The molecule has 0 fully saturated rings. The number of benzene rings is 2. The van der Waals surface area contributed by atoms with E-state index in [1.807, 2.05) is 77.6 Å². The lowest BCUT2D eigenvalue weighted by molar-refractivity contribution is -0.144. The predicted octanol–water partition coefficient (Wildman–Crippen LogP) is 4.82. The van der Waals surface area contributed by atoms with Crippen LogP contribution in [-0.4, -0.2) is 35.8 Å². The molecule has 0 radical (unpaired) electrons. The van der Waals surface area contributed by atoms with Crippen molar-refractivity contribution in [1.82, 2.24) is 14.9 Å². The molecule has 2 aromatic carbocycles. The van der Waals surface area contributed by atoms with E-state index >= 15 is 0 Å². The van der Waals surface area contributed by atoms with Crippen molar-refractivity contribution in [3.63, 3.8) is 0 Å². The minimum atomic E-state index is -0.388. The molecule has 2 aromatic heterocycles. The quantitative estimate of drug-likeness (QED) is 0.270. The Bertz CT molecular complexity index is 1190. The van der Waals surface area contributed by atoms with E-state index in [4.69, 9.17) is 21.1 Å². The highest BCUT2D eigenvalue weighted by atomic mass is 35.5. The highest BCUT2D eigenvalue weighted by Gasteiger charge is 2.20. The molecule has 2 heterocycles. The Labute approximate surface area is 198 Å².